The Bertz CT molecular complexity index is 848. The van der Waals surface area contributed by atoms with Crippen molar-refractivity contribution in [3.8, 4) is 10.6 Å². The number of rotatable bonds is 5. The van der Waals surface area contributed by atoms with Gasteiger partial charge in [-0.25, -0.2) is 4.98 Å². The molecule has 0 N–H and O–H groups in total. The van der Waals surface area contributed by atoms with Crippen LogP contribution in [0.4, 0.5) is 0 Å². The van der Waals surface area contributed by atoms with Crippen LogP contribution < -0.4 is 0 Å². The van der Waals surface area contributed by atoms with Crippen LogP contribution in [-0.2, 0) is 16.0 Å². The van der Waals surface area contributed by atoms with Gasteiger partial charge in [0.05, 0.1) is 24.3 Å². The summed E-state index contributed by atoms with van der Waals surface area (Å²) >= 11 is 5.11. The zero-order valence-corrected chi connectivity index (χ0v) is 19.4. The van der Waals surface area contributed by atoms with Crippen LogP contribution in [0.5, 0.6) is 0 Å². The summed E-state index contributed by atoms with van der Waals surface area (Å²) in [5.74, 6) is 0.202. The number of benzene rings is 1. The molecule has 2 aliphatic heterocycles. The van der Waals surface area contributed by atoms with Crippen LogP contribution in [0, 0.1) is 0 Å². The molecular formula is C22H28BrN3O2S. The normalized spacial score (nSPS) is 25.5. The molecule has 3 atom stereocenters. The summed E-state index contributed by atoms with van der Waals surface area (Å²) in [6.45, 7) is 7.97. The van der Waals surface area contributed by atoms with E-state index in [2.05, 4.69) is 51.7 Å². The molecule has 3 unspecified atom stereocenters. The topological polar surface area (TPSA) is 45.7 Å². The SMILES string of the molecule is CC1CN(CC2CCCN2C(=O)Cc2csc(-c3cccc(Br)c3)n2)CC(C)O1. The molecule has 29 heavy (non-hydrogen) atoms. The van der Waals surface area contributed by atoms with Gasteiger partial charge in [0.15, 0.2) is 0 Å². The molecule has 156 valence electrons. The zero-order valence-electron chi connectivity index (χ0n) is 17.0. The molecular weight excluding hydrogens is 450 g/mol. The van der Waals surface area contributed by atoms with E-state index in [-0.39, 0.29) is 18.1 Å². The highest BCUT2D eigenvalue weighted by Gasteiger charge is 2.32. The molecule has 0 spiro atoms. The minimum absolute atomic E-state index is 0.202. The number of carbonyl (C=O) groups is 1. The fourth-order valence-electron chi connectivity index (χ4n) is 4.48. The number of aromatic nitrogens is 1. The van der Waals surface area contributed by atoms with Crippen LogP contribution in [0.25, 0.3) is 10.6 Å². The molecule has 1 aromatic heterocycles. The largest absolute Gasteiger partial charge is 0.373 e. The number of nitrogens with zero attached hydrogens (tertiary/aromatic N) is 3. The first-order valence-corrected chi connectivity index (χ1v) is 12.0. The first kappa shape index (κ1) is 21.0. The van der Waals surface area contributed by atoms with E-state index in [4.69, 9.17) is 9.72 Å². The highest BCUT2D eigenvalue weighted by atomic mass is 79.9. The molecule has 2 fully saturated rings. The minimum Gasteiger partial charge on any atom is -0.373 e. The predicted molar refractivity (Wildman–Crippen MR) is 120 cm³/mol. The van der Waals surface area contributed by atoms with Crippen LogP contribution in [-0.4, -0.2) is 65.1 Å². The number of likely N-dealkylation sites (tertiary alicyclic amines) is 1. The van der Waals surface area contributed by atoms with Crippen LogP contribution in [0.15, 0.2) is 34.1 Å². The smallest absolute Gasteiger partial charge is 0.228 e. The van der Waals surface area contributed by atoms with Crippen molar-refractivity contribution in [2.75, 3.05) is 26.2 Å². The first-order valence-electron chi connectivity index (χ1n) is 10.4. The molecule has 2 aliphatic rings. The maximum absolute atomic E-state index is 13.0. The van der Waals surface area contributed by atoms with E-state index >= 15 is 0 Å². The van der Waals surface area contributed by atoms with Crippen LogP contribution >= 0.6 is 27.3 Å². The molecule has 4 rings (SSSR count). The number of ether oxygens (including phenoxy) is 1. The van der Waals surface area contributed by atoms with Crippen molar-refractivity contribution in [2.24, 2.45) is 0 Å². The summed E-state index contributed by atoms with van der Waals surface area (Å²) < 4.78 is 6.88. The molecule has 2 saturated heterocycles. The lowest BCUT2D eigenvalue weighted by molar-refractivity contribution is -0.132. The summed E-state index contributed by atoms with van der Waals surface area (Å²) in [6.07, 6.45) is 3.08. The second-order valence-corrected chi connectivity index (χ2v) is 9.96. The van der Waals surface area contributed by atoms with Gasteiger partial charge in [-0.2, -0.15) is 0 Å². The third-order valence-electron chi connectivity index (χ3n) is 5.62. The molecule has 0 aliphatic carbocycles. The minimum atomic E-state index is 0.202. The van der Waals surface area contributed by atoms with Gasteiger partial charge >= 0.3 is 0 Å². The van der Waals surface area contributed by atoms with Crippen molar-refractivity contribution in [1.29, 1.82) is 0 Å². The Balaban J connectivity index is 1.38. The van der Waals surface area contributed by atoms with Crippen molar-refractivity contribution >= 4 is 33.2 Å². The highest BCUT2D eigenvalue weighted by Crippen LogP contribution is 2.27. The molecule has 7 heteroatoms. The maximum Gasteiger partial charge on any atom is 0.228 e. The summed E-state index contributed by atoms with van der Waals surface area (Å²) in [5.41, 5.74) is 1.95. The summed E-state index contributed by atoms with van der Waals surface area (Å²) in [4.78, 5) is 22.3. The third-order valence-corrected chi connectivity index (χ3v) is 7.05. The van der Waals surface area contributed by atoms with Crippen LogP contribution in [0.2, 0.25) is 0 Å². The van der Waals surface area contributed by atoms with Crippen molar-refractivity contribution in [3.05, 3.63) is 39.8 Å². The number of carbonyl (C=O) groups excluding carboxylic acids is 1. The molecule has 0 saturated carbocycles. The van der Waals surface area contributed by atoms with Gasteiger partial charge < -0.3 is 9.64 Å². The molecule has 5 nitrogen and oxygen atoms in total. The van der Waals surface area contributed by atoms with E-state index in [0.717, 1.165) is 59.8 Å². The standard InChI is InChI=1S/C22H28BrN3O2S/c1-15-11-25(12-16(2)28-15)13-20-7-4-8-26(20)21(27)10-19-14-29-22(24-19)17-5-3-6-18(23)9-17/h3,5-6,9,14-16,20H,4,7-8,10-13H2,1-2H3. The summed E-state index contributed by atoms with van der Waals surface area (Å²) in [5, 5.41) is 2.98. The highest BCUT2D eigenvalue weighted by molar-refractivity contribution is 9.10. The van der Waals surface area contributed by atoms with Crippen molar-refractivity contribution in [3.63, 3.8) is 0 Å². The van der Waals surface area contributed by atoms with Gasteiger partial charge in [-0.3, -0.25) is 9.69 Å². The van der Waals surface area contributed by atoms with Crippen molar-refractivity contribution in [1.82, 2.24) is 14.8 Å². The van der Waals surface area contributed by atoms with Gasteiger partial charge in [0, 0.05) is 47.6 Å². The second kappa shape index (κ2) is 9.25. The van der Waals surface area contributed by atoms with E-state index < -0.39 is 0 Å². The lowest BCUT2D eigenvalue weighted by Gasteiger charge is -2.38. The quantitative estimate of drug-likeness (QED) is 0.646. The van der Waals surface area contributed by atoms with E-state index in [1.165, 1.54) is 0 Å². The van der Waals surface area contributed by atoms with Gasteiger partial charge in [-0.05, 0) is 38.8 Å². The Hall–Kier alpha value is -1.28. The fraction of sp³-hybridized carbons (Fsp3) is 0.545. The van der Waals surface area contributed by atoms with Gasteiger partial charge in [0.1, 0.15) is 5.01 Å². The fourth-order valence-corrected chi connectivity index (χ4v) is 5.70. The Labute approximate surface area is 185 Å². The molecule has 1 aromatic carbocycles. The average molecular weight is 478 g/mol. The average Bonchev–Trinajstić information content (AvgIpc) is 3.30. The number of thiazole rings is 1. The Morgan fingerprint density at radius 3 is 2.86 bits per heavy atom. The second-order valence-electron chi connectivity index (χ2n) is 8.19. The van der Waals surface area contributed by atoms with Crippen molar-refractivity contribution < 1.29 is 9.53 Å². The monoisotopic (exact) mass is 477 g/mol. The number of hydrogen-bond donors (Lipinski definition) is 0. The Morgan fingerprint density at radius 1 is 1.31 bits per heavy atom. The third kappa shape index (κ3) is 5.26. The summed E-state index contributed by atoms with van der Waals surface area (Å²) in [6, 6.07) is 8.43. The van der Waals surface area contributed by atoms with E-state index in [0.29, 0.717) is 12.5 Å². The maximum atomic E-state index is 13.0. The lowest BCUT2D eigenvalue weighted by atomic mass is 10.1. The molecule has 0 radical (unpaired) electrons. The van der Waals surface area contributed by atoms with Crippen LogP contribution in [0.3, 0.4) is 0 Å². The van der Waals surface area contributed by atoms with Crippen molar-refractivity contribution in [2.45, 2.75) is 51.4 Å². The predicted octanol–water partition coefficient (Wildman–Crippen LogP) is 4.22. The van der Waals surface area contributed by atoms with Gasteiger partial charge in [-0.15, -0.1) is 11.3 Å². The molecule has 0 bridgehead atoms. The number of halogens is 1. The molecule has 2 aromatic rings. The molecule has 3 heterocycles. The van der Waals surface area contributed by atoms with Gasteiger partial charge in [-0.1, -0.05) is 28.1 Å². The first-order chi connectivity index (χ1) is 14.0. The van der Waals surface area contributed by atoms with E-state index in [1.807, 2.05) is 17.5 Å². The van der Waals surface area contributed by atoms with Gasteiger partial charge in [0.2, 0.25) is 5.91 Å². The Morgan fingerprint density at radius 2 is 2.10 bits per heavy atom. The molecule has 1 amide bonds. The number of morpholine rings is 1. The summed E-state index contributed by atoms with van der Waals surface area (Å²) in [7, 11) is 0. The lowest BCUT2D eigenvalue weighted by Crippen LogP contribution is -2.51. The number of hydrogen-bond acceptors (Lipinski definition) is 5. The van der Waals surface area contributed by atoms with E-state index in [9.17, 15) is 4.79 Å². The Kier molecular flexibility index (Phi) is 6.69. The van der Waals surface area contributed by atoms with Gasteiger partial charge in [0.25, 0.3) is 0 Å². The van der Waals surface area contributed by atoms with Crippen LogP contribution in [0.1, 0.15) is 32.4 Å². The zero-order chi connectivity index (χ0) is 20.4. The van der Waals surface area contributed by atoms with E-state index in [1.54, 1.807) is 11.3 Å². The number of amides is 1.